The quantitative estimate of drug-likeness (QED) is 0.0217. The third-order valence-electron chi connectivity index (χ3n) is 9.02. The molecule has 0 aromatic carbocycles. The van der Waals surface area contributed by atoms with Gasteiger partial charge < -0.3 is 34.3 Å². The van der Waals surface area contributed by atoms with E-state index in [1.807, 2.05) is 0 Å². The fraction of sp³-hybridized carbons (Fsp3) is 0.682. The second-order valence-corrected chi connectivity index (χ2v) is 15.8. The van der Waals surface area contributed by atoms with E-state index in [-0.39, 0.29) is 19.4 Å². The van der Waals surface area contributed by atoms with Gasteiger partial charge in [0.15, 0.2) is 12.4 Å². The summed E-state index contributed by atoms with van der Waals surface area (Å²) in [5, 5.41) is 30.8. The van der Waals surface area contributed by atoms with Gasteiger partial charge in [0.1, 0.15) is 36.8 Å². The van der Waals surface area contributed by atoms with Crippen molar-refractivity contribution in [3.63, 3.8) is 0 Å². The second-order valence-electron chi connectivity index (χ2n) is 14.3. The molecule has 57 heavy (non-hydrogen) atoms. The lowest BCUT2D eigenvalue weighted by Gasteiger charge is -2.40. The molecule has 0 amide bonds. The van der Waals surface area contributed by atoms with Crippen molar-refractivity contribution in [2.45, 2.75) is 173 Å². The maximum Gasteiger partial charge on any atom is 0.306 e. The first-order valence-electron chi connectivity index (χ1n) is 21.0. The number of ether oxygens (including phenoxy) is 4. The predicted octanol–water partition coefficient (Wildman–Crippen LogP) is 7.94. The van der Waals surface area contributed by atoms with Crippen LogP contribution in [0.15, 0.2) is 72.9 Å². The van der Waals surface area contributed by atoms with Gasteiger partial charge in [-0.15, -0.1) is 0 Å². The molecule has 6 atom stereocenters. The van der Waals surface area contributed by atoms with Crippen LogP contribution in [0.3, 0.4) is 0 Å². The summed E-state index contributed by atoms with van der Waals surface area (Å²) >= 11 is 0. The number of esters is 2. The van der Waals surface area contributed by atoms with E-state index in [1.165, 1.54) is 12.8 Å². The Bertz CT molecular complexity index is 1340. The van der Waals surface area contributed by atoms with Gasteiger partial charge >= 0.3 is 11.9 Å². The molecule has 1 saturated heterocycles. The minimum absolute atomic E-state index is 0.135. The summed E-state index contributed by atoms with van der Waals surface area (Å²) in [6.07, 6.45) is 32.4. The molecule has 0 aromatic rings. The summed E-state index contributed by atoms with van der Waals surface area (Å²) in [6, 6.07) is 0. The highest BCUT2D eigenvalue weighted by atomic mass is 32.2. The molecule has 326 valence electrons. The third kappa shape index (κ3) is 29.0. The van der Waals surface area contributed by atoms with Crippen molar-refractivity contribution in [2.75, 3.05) is 19.0 Å². The molecule has 0 aliphatic carbocycles. The van der Waals surface area contributed by atoms with Crippen LogP contribution in [-0.2, 0) is 38.7 Å². The first-order valence-corrected chi connectivity index (χ1v) is 22.6. The minimum atomic E-state index is -4.61. The molecule has 13 heteroatoms. The van der Waals surface area contributed by atoms with Crippen molar-refractivity contribution in [3.05, 3.63) is 72.9 Å². The van der Waals surface area contributed by atoms with Crippen LogP contribution in [0.1, 0.15) is 136 Å². The average molecular weight is 825 g/mol. The number of unbranched alkanes of at least 4 members (excludes halogenated alkanes) is 9. The van der Waals surface area contributed by atoms with Crippen LogP contribution >= 0.6 is 0 Å². The van der Waals surface area contributed by atoms with E-state index in [0.29, 0.717) is 12.8 Å². The number of rotatable bonds is 33. The summed E-state index contributed by atoms with van der Waals surface area (Å²) in [6.45, 7) is 3.53. The molecule has 0 saturated carbocycles. The van der Waals surface area contributed by atoms with E-state index in [1.54, 1.807) is 0 Å². The highest BCUT2D eigenvalue weighted by Gasteiger charge is 2.46. The fourth-order valence-corrected chi connectivity index (χ4v) is 6.43. The molecule has 0 spiro atoms. The Morgan fingerprint density at radius 3 is 1.68 bits per heavy atom. The fourth-order valence-electron chi connectivity index (χ4n) is 5.74. The second kappa shape index (κ2) is 34.0. The smallest absolute Gasteiger partial charge is 0.306 e. The van der Waals surface area contributed by atoms with E-state index >= 15 is 0 Å². The summed E-state index contributed by atoms with van der Waals surface area (Å²) in [7, 11) is -4.61. The molecule has 4 N–H and O–H groups in total. The molecular weight excluding hydrogens is 753 g/mol. The van der Waals surface area contributed by atoms with Crippen LogP contribution in [0.2, 0.25) is 0 Å². The van der Waals surface area contributed by atoms with Gasteiger partial charge in [0, 0.05) is 12.8 Å². The van der Waals surface area contributed by atoms with E-state index in [2.05, 4.69) is 86.8 Å². The zero-order valence-electron chi connectivity index (χ0n) is 34.4. The minimum Gasteiger partial charge on any atom is -0.462 e. The van der Waals surface area contributed by atoms with Gasteiger partial charge in [-0.25, -0.2) is 0 Å². The van der Waals surface area contributed by atoms with Crippen LogP contribution in [0.25, 0.3) is 0 Å². The summed E-state index contributed by atoms with van der Waals surface area (Å²) < 4.78 is 53.9. The van der Waals surface area contributed by atoms with Gasteiger partial charge in [-0.2, -0.15) is 8.42 Å². The standard InChI is InChI=1S/C44H72O12S/c1-3-5-7-9-11-13-15-17-19-21-22-24-26-28-30-32-39(45)53-34-37(35-54-44-43(49)42(48)41(47)38(56-44)36-57(50,51)52)55-40(46)33-31-29-27-25-23-20-18-16-14-12-10-8-6-4-2/h5,7,10-13,16-19,22,24,37-38,41-44,47-49H,3-4,6,8-9,14-15,20-21,23,25-36H2,1-2H3,(H,50,51,52)/b7-5+,12-10+,13-11+,18-16+,19-17+,24-22+/t37-,38-,41-,42?,43?,44+/m1/s1. The van der Waals surface area contributed by atoms with E-state index in [0.717, 1.165) is 83.5 Å². The Labute approximate surface area is 342 Å². The summed E-state index contributed by atoms with van der Waals surface area (Å²) in [5.41, 5.74) is 0. The highest BCUT2D eigenvalue weighted by molar-refractivity contribution is 7.85. The Balaban J connectivity index is 2.54. The van der Waals surface area contributed by atoms with Crippen molar-refractivity contribution >= 4 is 22.1 Å². The number of allylic oxidation sites excluding steroid dienone is 12. The Kier molecular flexibility index (Phi) is 31.1. The molecule has 1 fully saturated rings. The van der Waals surface area contributed by atoms with Crippen molar-refractivity contribution in [1.29, 1.82) is 0 Å². The normalized spacial score (nSPS) is 21.3. The van der Waals surface area contributed by atoms with Crippen molar-refractivity contribution in [3.8, 4) is 0 Å². The van der Waals surface area contributed by atoms with Gasteiger partial charge in [-0.3, -0.25) is 14.1 Å². The lowest BCUT2D eigenvalue weighted by molar-refractivity contribution is -0.297. The average Bonchev–Trinajstić information content (AvgIpc) is 3.17. The Morgan fingerprint density at radius 1 is 0.614 bits per heavy atom. The molecule has 1 heterocycles. The molecule has 2 unspecified atom stereocenters. The number of hydrogen-bond donors (Lipinski definition) is 4. The molecule has 1 aliphatic heterocycles. The van der Waals surface area contributed by atoms with E-state index in [4.69, 9.17) is 18.9 Å². The lowest BCUT2D eigenvalue weighted by Crippen LogP contribution is -2.60. The Hall–Kier alpha value is -2.91. The van der Waals surface area contributed by atoms with Crippen molar-refractivity contribution < 1.29 is 56.8 Å². The highest BCUT2D eigenvalue weighted by Crippen LogP contribution is 2.24. The SMILES string of the molecule is CC/C=C/C/C=C/C/C=C/C/C=C/CCCCC(=O)OC[C@H](CO[C@H]1O[C@H](CS(=O)(=O)O)[C@@H](O)C(O)C1O)OC(=O)CCCCCCC/C=C/C/C=C/CCCC. The molecular formula is C44H72O12S. The first-order chi connectivity index (χ1) is 27.5. The summed E-state index contributed by atoms with van der Waals surface area (Å²) in [4.78, 5) is 25.3. The monoisotopic (exact) mass is 824 g/mol. The topological polar surface area (TPSA) is 186 Å². The summed E-state index contributed by atoms with van der Waals surface area (Å²) in [5.74, 6) is -2.07. The first kappa shape index (κ1) is 52.1. The maximum absolute atomic E-state index is 12.8. The van der Waals surface area contributed by atoms with Crippen LogP contribution in [0, 0.1) is 0 Å². The maximum atomic E-state index is 12.8. The third-order valence-corrected chi connectivity index (χ3v) is 9.77. The van der Waals surface area contributed by atoms with Gasteiger partial charge in [-0.1, -0.05) is 119 Å². The number of aliphatic hydroxyl groups excluding tert-OH is 3. The number of aliphatic hydroxyl groups is 3. The van der Waals surface area contributed by atoms with Crippen LogP contribution in [0.4, 0.5) is 0 Å². The number of hydrogen-bond acceptors (Lipinski definition) is 11. The lowest BCUT2D eigenvalue weighted by atomic mass is 10.00. The molecule has 0 radical (unpaired) electrons. The van der Waals surface area contributed by atoms with Gasteiger partial charge in [-0.05, 0) is 77.0 Å². The van der Waals surface area contributed by atoms with Gasteiger partial charge in [0.2, 0.25) is 0 Å². The van der Waals surface area contributed by atoms with E-state index in [9.17, 15) is 37.9 Å². The van der Waals surface area contributed by atoms with Gasteiger partial charge in [0.25, 0.3) is 10.1 Å². The largest absolute Gasteiger partial charge is 0.462 e. The zero-order valence-corrected chi connectivity index (χ0v) is 35.2. The number of carbonyl (C=O) groups is 2. The molecule has 1 aliphatic rings. The number of carbonyl (C=O) groups excluding carboxylic acids is 2. The molecule has 1 rings (SSSR count). The van der Waals surface area contributed by atoms with Crippen molar-refractivity contribution in [2.24, 2.45) is 0 Å². The van der Waals surface area contributed by atoms with Gasteiger partial charge in [0.05, 0.1) is 6.61 Å². The predicted molar refractivity (Wildman–Crippen MR) is 224 cm³/mol. The molecule has 12 nitrogen and oxygen atoms in total. The van der Waals surface area contributed by atoms with Crippen molar-refractivity contribution in [1.82, 2.24) is 0 Å². The van der Waals surface area contributed by atoms with Crippen LogP contribution in [0.5, 0.6) is 0 Å². The van der Waals surface area contributed by atoms with Crippen LogP contribution < -0.4 is 0 Å². The zero-order chi connectivity index (χ0) is 42.0. The molecule has 0 bridgehead atoms. The molecule has 0 aromatic heterocycles. The Morgan fingerprint density at radius 2 is 1.11 bits per heavy atom. The van der Waals surface area contributed by atoms with E-state index < -0.39 is 71.2 Å². The van der Waals surface area contributed by atoms with Crippen LogP contribution in [-0.4, -0.2) is 96.0 Å².